The molecule has 1 aromatic carbocycles. The van der Waals surface area contributed by atoms with E-state index in [0.29, 0.717) is 18.0 Å². The highest BCUT2D eigenvalue weighted by atomic mass is 19.1. The Morgan fingerprint density at radius 1 is 1.19 bits per heavy atom. The lowest BCUT2D eigenvalue weighted by atomic mass is 9.96. The highest BCUT2D eigenvalue weighted by Gasteiger charge is 2.31. The summed E-state index contributed by atoms with van der Waals surface area (Å²) in [6, 6.07) is 5.83. The molecule has 1 saturated heterocycles. The molecule has 1 saturated carbocycles. The number of carbonyl (C=O) groups is 1. The van der Waals surface area contributed by atoms with E-state index in [4.69, 9.17) is 0 Å². The maximum absolute atomic E-state index is 14.9. The maximum atomic E-state index is 14.9. The zero-order valence-electron chi connectivity index (χ0n) is 18.4. The first-order valence-corrected chi connectivity index (χ1v) is 11.3. The van der Waals surface area contributed by atoms with Crippen molar-refractivity contribution >= 4 is 23.8 Å². The molecule has 0 radical (unpaired) electrons. The highest BCUT2D eigenvalue weighted by molar-refractivity contribution is 6.00. The van der Waals surface area contributed by atoms with Crippen molar-refractivity contribution in [3.05, 3.63) is 53.9 Å². The molecule has 0 bridgehead atoms. The number of nitrogens with zero attached hydrogens (tertiary/aromatic N) is 4. The Bertz CT molecular complexity index is 1170. The molecule has 0 atom stereocenters. The van der Waals surface area contributed by atoms with Crippen LogP contribution in [0.3, 0.4) is 0 Å². The van der Waals surface area contributed by atoms with Crippen LogP contribution in [0.1, 0.15) is 41.7 Å². The van der Waals surface area contributed by atoms with Crippen molar-refractivity contribution in [2.24, 2.45) is 10.9 Å². The number of hydrogen-bond acceptors (Lipinski definition) is 4. The fraction of sp³-hybridized carbons (Fsp3) is 0.400. The number of nitrogens with one attached hydrogen (secondary N) is 1. The second-order valence-electron chi connectivity index (χ2n) is 9.02. The summed E-state index contributed by atoms with van der Waals surface area (Å²) in [5, 5.41) is 3.02. The zero-order valence-corrected chi connectivity index (χ0v) is 18.4. The molecule has 7 heteroatoms. The largest absolute Gasteiger partial charge is 0.352 e. The van der Waals surface area contributed by atoms with Gasteiger partial charge in [-0.05, 0) is 82.1 Å². The number of fused-ring (bicyclic) bond motifs is 1. The number of aromatic nitrogens is 2. The second kappa shape index (κ2) is 8.47. The van der Waals surface area contributed by atoms with Crippen LogP contribution in [0.25, 0.3) is 16.6 Å². The number of aryl methyl sites for hydroxylation is 1. The minimum atomic E-state index is -0.551. The van der Waals surface area contributed by atoms with E-state index in [-0.39, 0.29) is 17.2 Å². The van der Waals surface area contributed by atoms with Crippen molar-refractivity contribution in [2.45, 2.75) is 38.6 Å². The van der Waals surface area contributed by atoms with Crippen molar-refractivity contribution in [2.75, 3.05) is 19.6 Å². The van der Waals surface area contributed by atoms with Gasteiger partial charge in [-0.3, -0.25) is 14.8 Å². The summed E-state index contributed by atoms with van der Waals surface area (Å²) >= 11 is 0. The van der Waals surface area contributed by atoms with E-state index in [1.165, 1.54) is 18.9 Å². The molecule has 2 aromatic heterocycles. The van der Waals surface area contributed by atoms with E-state index in [9.17, 15) is 9.18 Å². The minimum absolute atomic E-state index is 0.00363. The van der Waals surface area contributed by atoms with Crippen molar-refractivity contribution in [3.63, 3.8) is 0 Å². The third-order valence-electron chi connectivity index (χ3n) is 6.67. The molecule has 3 aromatic rings. The van der Waals surface area contributed by atoms with E-state index in [1.807, 2.05) is 29.8 Å². The van der Waals surface area contributed by atoms with Crippen molar-refractivity contribution in [3.8, 4) is 11.1 Å². The Balaban J connectivity index is 1.34. The summed E-state index contributed by atoms with van der Waals surface area (Å²) in [5.74, 6) is -0.404. The van der Waals surface area contributed by atoms with Gasteiger partial charge in [0.1, 0.15) is 11.5 Å². The molecule has 0 unspecified atom stereocenters. The zero-order chi connectivity index (χ0) is 22.2. The Morgan fingerprint density at radius 2 is 1.97 bits per heavy atom. The summed E-state index contributed by atoms with van der Waals surface area (Å²) in [6.45, 7) is 8.20. The van der Waals surface area contributed by atoms with Crippen LogP contribution in [0.5, 0.6) is 0 Å². The first-order valence-electron chi connectivity index (χ1n) is 11.3. The summed E-state index contributed by atoms with van der Waals surface area (Å²) in [4.78, 5) is 23.7. The van der Waals surface area contributed by atoms with Gasteiger partial charge in [0.05, 0.1) is 23.0 Å². The molecule has 1 N–H and O–H groups in total. The summed E-state index contributed by atoms with van der Waals surface area (Å²) < 4.78 is 16.8. The molecule has 1 amide bonds. The number of benzene rings is 1. The average molecular weight is 434 g/mol. The fourth-order valence-corrected chi connectivity index (χ4v) is 4.67. The SMILES string of the molecule is C=Nc1c(F)cc(-c2cc3cnc(C)cn3c2)cc1C(=O)NCC1CCN(C2CC2)CC1. The predicted octanol–water partition coefficient (Wildman–Crippen LogP) is 4.39. The number of aliphatic imine (C=N–C) groups is 1. The molecule has 2 fully saturated rings. The minimum Gasteiger partial charge on any atom is -0.352 e. The molecule has 3 heterocycles. The molecule has 0 spiro atoms. The van der Waals surface area contributed by atoms with Gasteiger partial charge >= 0.3 is 0 Å². The van der Waals surface area contributed by atoms with Crippen molar-refractivity contribution < 1.29 is 9.18 Å². The molecule has 1 aliphatic carbocycles. The highest BCUT2D eigenvalue weighted by Crippen LogP contribution is 2.32. The summed E-state index contributed by atoms with van der Waals surface area (Å²) in [6.07, 6.45) is 10.4. The van der Waals surface area contributed by atoms with Crippen LogP contribution in [0, 0.1) is 18.7 Å². The topological polar surface area (TPSA) is 62.0 Å². The normalized spacial score (nSPS) is 17.6. The summed E-state index contributed by atoms with van der Waals surface area (Å²) in [7, 11) is 0. The lowest BCUT2D eigenvalue weighted by Gasteiger charge is -2.32. The van der Waals surface area contributed by atoms with Gasteiger partial charge in [0.2, 0.25) is 0 Å². The van der Waals surface area contributed by atoms with Gasteiger partial charge in [-0.1, -0.05) is 0 Å². The van der Waals surface area contributed by atoms with Crippen LogP contribution in [-0.2, 0) is 0 Å². The number of carbonyl (C=O) groups excluding carboxylic acids is 1. The maximum Gasteiger partial charge on any atom is 0.253 e. The quantitative estimate of drug-likeness (QED) is 0.587. The number of halogens is 1. The van der Waals surface area contributed by atoms with Crippen LogP contribution in [0.2, 0.25) is 0 Å². The molecule has 2 aliphatic rings. The van der Waals surface area contributed by atoms with Crippen LogP contribution < -0.4 is 5.32 Å². The van der Waals surface area contributed by atoms with Crippen molar-refractivity contribution in [1.29, 1.82) is 0 Å². The molecule has 32 heavy (non-hydrogen) atoms. The van der Waals surface area contributed by atoms with Gasteiger partial charge in [0.15, 0.2) is 0 Å². The Labute approximate surface area is 187 Å². The molecule has 1 aliphatic heterocycles. The molecular formula is C25H28FN5O. The molecule has 5 rings (SSSR count). The van der Waals surface area contributed by atoms with Gasteiger partial charge in [-0.25, -0.2) is 4.39 Å². The predicted molar refractivity (Wildman–Crippen MR) is 124 cm³/mol. The Kier molecular flexibility index (Phi) is 5.51. The average Bonchev–Trinajstić information content (AvgIpc) is 3.56. The molecule has 166 valence electrons. The van der Waals surface area contributed by atoms with Gasteiger partial charge in [0, 0.05) is 30.5 Å². The van der Waals surface area contributed by atoms with Gasteiger partial charge in [-0.2, -0.15) is 0 Å². The van der Waals surface area contributed by atoms with Crippen LogP contribution in [-0.4, -0.2) is 52.6 Å². The second-order valence-corrected chi connectivity index (χ2v) is 9.02. The monoisotopic (exact) mass is 433 g/mol. The van der Waals surface area contributed by atoms with E-state index in [1.54, 1.807) is 12.3 Å². The van der Waals surface area contributed by atoms with E-state index in [2.05, 4.69) is 26.9 Å². The third kappa shape index (κ3) is 4.17. The fourth-order valence-electron chi connectivity index (χ4n) is 4.67. The standard InChI is InChI=1S/C25H28FN5O/c1-16-14-31-15-19(9-21(31)13-28-16)18-10-22(24(27-2)23(26)11-18)25(32)29-12-17-5-7-30(8-6-17)20-3-4-20/h9-11,13-15,17,20H,2-8,12H2,1H3,(H,29,32). The lowest BCUT2D eigenvalue weighted by Crippen LogP contribution is -2.39. The van der Waals surface area contributed by atoms with Gasteiger partial charge in [-0.15, -0.1) is 0 Å². The number of rotatable bonds is 6. The van der Waals surface area contributed by atoms with Crippen molar-refractivity contribution in [1.82, 2.24) is 19.6 Å². The number of amides is 1. The number of hydrogen-bond donors (Lipinski definition) is 1. The Hall–Kier alpha value is -3.06. The van der Waals surface area contributed by atoms with E-state index < -0.39 is 5.82 Å². The first-order chi connectivity index (χ1) is 15.5. The molecule has 6 nitrogen and oxygen atoms in total. The third-order valence-corrected chi connectivity index (χ3v) is 6.67. The van der Waals surface area contributed by atoms with Gasteiger partial charge < -0.3 is 14.6 Å². The smallest absolute Gasteiger partial charge is 0.253 e. The lowest BCUT2D eigenvalue weighted by molar-refractivity contribution is 0.0935. The number of piperidine rings is 1. The van der Waals surface area contributed by atoms with Crippen LogP contribution >= 0.6 is 0 Å². The van der Waals surface area contributed by atoms with Crippen LogP contribution in [0.15, 0.2) is 41.8 Å². The molecular weight excluding hydrogens is 405 g/mol. The first kappa shape index (κ1) is 20.8. The van der Waals surface area contributed by atoms with E-state index >= 15 is 0 Å². The Morgan fingerprint density at radius 3 is 2.69 bits per heavy atom. The van der Waals surface area contributed by atoms with E-state index in [0.717, 1.165) is 48.7 Å². The number of likely N-dealkylation sites (tertiary alicyclic amines) is 1. The van der Waals surface area contributed by atoms with Gasteiger partial charge in [0.25, 0.3) is 5.91 Å². The summed E-state index contributed by atoms with van der Waals surface area (Å²) in [5.41, 5.74) is 3.44. The van der Waals surface area contributed by atoms with Crippen LogP contribution in [0.4, 0.5) is 10.1 Å².